The molecule has 0 radical (unpaired) electrons. The van der Waals surface area contributed by atoms with Gasteiger partial charge in [-0.15, -0.1) is 0 Å². The lowest BCUT2D eigenvalue weighted by molar-refractivity contribution is -0.384. The zero-order valence-electron chi connectivity index (χ0n) is 10.7. The molecular formula is C13H19N3O2. The normalized spacial score (nSPS) is 16.5. The third kappa shape index (κ3) is 2.79. The van der Waals surface area contributed by atoms with Crippen LogP contribution in [0.4, 0.5) is 11.4 Å². The fourth-order valence-electron chi connectivity index (χ4n) is 2.52. The van der Waals surface area contributed by atoms with Crippen molar-refractivity contribution in [3.05, 3.63) is 33.9 Å². The second-order valence-electron chi connectivity index (χ2n) is 4.66. The Kier molecular flexibility index (Phi) is 4.15. The first-order valence-corrected chi connectivity index (χ1v) is 6.39. The largest absolute Gasteiger partial charge is 0.382 e. The van der Waals surface area contributed by atoms with Gasteiger partial charge in [0.1, 0.15) is 5.69 Å². The van der Waals surface area contributed by atoms with Crippen LogP contribution in [-0.2, 0) is 6.54 Å². The molecule has 1 heterocycles. The Hall–Kier alpha value is -1.62. The van der Waals surface area contributed by atoms with Crippen molar-refractivity contribution in [2.75, 3.05) is 25.5 Å². The summed E-state index contributed by atoms with van der Waals surface area (Å²) in [4.78, 5) is 13.0. The summed E-state index contributed by atoms with van der Waals surface area (Å²) in [6.45, 7) is 2.97. The molecule has 1 aromatic rings. The summed E-state index contributed by atoms with van der Waals surface area (Å²) in [5.74, 6) is 0. The first-order chi connectivity index (χ1) is 8.72. The van der Waals surface area contributed by atoms with Crippen molar-refractivity contribution < 1.29 is 4.92 Å². The number of nitro benzene ring substituents is 1. The van der Waals surface area contributed by atoms with Gasteiger partial charge in [-0.2, -0.15) is 0 Å². The van der Waals surface area contributed by atoms with Gasteiger partial charge in [-0.1, -0.05) is 18.6 Å². The molecule has 0 unspecified atom stereocenters. The number of hydrogen-bond acceptors (Lipinski definition) is 4. The van der Waals surface area contributed by atoms with Crippen LogP contribution in [0.2, 0.25) is 0 Å². The van der Waals surface area contributed by atoms with Gasteiger partial charge in [0, 0.05) is 19.7 Å². The minimum atomic E-state index is -0.328. The van der Waals surface area contributed by atoms with Crippen LogP contribution in [0, 0.1) is 10.1 Å². The van der Waals surface area contributed by atoms with Gasteiger partial charge in [-0.05, 0) is 31.5 Å². The van der Waals surface area contributed by atoms with Gasteiger partial charge >= 0.3 is 0 Å². The number of anilines is 1. The molecule has 1 aliphatic rings. The van der Waals surface area contributed by atoms with E-state index in [-0.39, 0.29) is 10.6 Å². The number of nitrogens with zero attached hydrogens (tertiary/aromatic N) is 2. The Bertz CT molecular complexity index is 428. The third-order valence-corrected chi connectivity index (χ3v) is 3.42. The van der Waals surface area contributed by atoms with E-state index < -0.39 is 0 Å². The van der Waals surface area contributed by atoms with Gasteiger partial charge in [0.05, 0.1) is 4.92 Å². The number of piperidine rings is 1. The first kappa shape index (κ1) is 12.8. The van der Waals surface area contributed by atoms with Crippen molar-refractivity contribution in [3.63, 3.8) is 0 Å². The topological polar surface area (TPSA) is 58.4 Å². The van der Waals surface area contributed by atoms with Crippen LogP contribution in [0.5, 0.6) is 0 Å². The van der Waals surface area contributed by atoms with Crippen molar-refractivity contribution in [1.29, 1.82) is 0 Å². The highest BCUT2D eigenvalue weighted by Crippen LogP contribution is 2.29. The van der Waals surface area contributed by atoms with E-state index in [2.05, 4.69) is 10.2 Å². The van der Waals surface area contributed by atoms with Crippen LogP contribution >= 0.6 is 0 Å². The number of benzene rings is 1. The Morgan fingerprint density at radius 3 is 2.67 bits per heavy atom. The van der Waals surface area contributed by atoms with Gasteiger partial charge in [0.25, 0.3) is 5.69 Å². The van der Waals surface area contributed by atoms with Crippen LogP contribution in [0.3, 0.4) is 0 Å². The summed E-state index contributed by atoms with van der Waals surface area (Å²) in [7, 11) is 1.74. The summed E-state index contributed by atoms with van der Waals surface area (Å²) < 4.78 is 0. The zero-order chi connectivity index (χ0) is 13.0. The molecule has 0 spiro atoms. The number of nitrogens with one attached hydrogen (secondary N) is 1. The zero-order valence-corrected chi connectivity index (χ0v) is 10.7. The average Bonchev–Trinajstić information content (AvgIpc) is 2.39. The van der Waals surface area contributed by atoms with Crippen LogP contribution in [0.25, 0.3) is 0 Å². The molecular weight excluding hydrogens is 230 g/mol. The summed E-state index contributed by atoms with van der Waals surface area (Å²) in [6, 6.07) is 5.28. The maximum absolute atomic E-state index is 11.0. The van der Waals surface area contributed by atoms with Crippen molar-refractivity contribution >= 4 is 11.4 Å². The minimum absolute atomic E-state index is 0.159. The lowest BCUT2D eigenvalue weighted by atomic mass is 10.1. The number of likely N-dealkylation sites (tertiary alicyclic amines) is 1. The highest BCUT2D eigenvalue weighted by atomic mass is 16.6. The lowest BCUT2D eigenvalue weighted by Crippen LogP contribution is -2.29. The predicted octanol–water partition coefficient (Wildman–Crippen LogP) is 2.62. The molecule has 1 aliphatic heterocycles. The third-order valence-electron chi connectivity index (χ3n) is 3.42. The van der Waals surface area contributed by atoms with Crippen LogP contribution in [0.15, 0.2) is 18.2 Å². The molecule has 1 aromatic carbocycles. The Morgan fingerprint density at radius 1 is 1.33 bits per heavy atom. The molecule has 0 aromatic heterocycles. The molecule has 18 heavy (non-hydrogen) atoms. The molecule has 0 saturated carbocycles. The van der Waals surface area contributed by atoms with Gasteiger partial charge in [0.15, 0.2) is 0 Å². The van der Waals surface area contributed by atoms with E-state index in [4.69, 9.17) is 0 Å². The molecule has 0 aliphatic carbocycles. The highest BCUT2D eigenvalue weighted by Gasteiger charge is 2.18. The first-order valence-electron chi connectivity index (χ1n) is 6.39. The van der Waals surface area contributed by atoms with Crippen molar-refractivity contribution in [3.8, 4) is 0 Å². The number of rotatable bonds is 4. The molecule has 1 saturated heterocycles. The molecule has 0 amide bonds. The molecule has 1 fully saturated rings. The van der Waals surface area contributed by atoms with Crippen molar-refractivity contribution in [2.24, 2.45) is 0 Å². The second-order valence-corrected chi connectivity index (χ2v) is 4.66. The molecule has 0 atom stereocenters. The van der Waals surface area contributed by atoms with Crippen molar-refractivity contribution in [2.45, 2.75) is 25.8 Å². The standard InChI is InChI=1S/C13H19N3O2/c1-14-13-11(6-5-7-12(13)16(17)18)10-15-8-3-2-4-9-15/h5-7,14H,2-4,8-10H2,1H3. The maximum atomic E-state index is 11.0. The maximum Gasteiger partial charge on any atom is 0.292 e. The smallest absolute Gasteiger partial charge is 0.292 e. The average molecular weight is 249 g/mol. The fourth-order valence-corrected chi connectivity index (χ4v) is 2.52. The summed E-state index contributed by atoms with van der Waals surface area (Å²) in [6.07, 6.45) is 3.75. The SMILES string of the molecule is CNc1c(CN2CCCCC2)cccc1[N+](=O)[O-]. The van der Waals surface area contributed by atoms with Crippen LogP contribution in [0.1, 0.15) is 24.8 Å². The Morgan fingerprint density at radius 2 is 2.06 bits per heavy atom. The van der Waals surface area contributed by atoms with Crippen LogP contribution < -0.4 is 5.32 Å². The van der Waals surface area contributed by atoms with Gasteiger partial charge in [-0.3, -0.25) is 15.0 Å². The molecule has 5 nitrogen and oxygen atoms in total. The van der Waals surface area contributed by atoms with Gasteiger partial charge in [0.2, 0.25) is 0 Å². The second kappa shape index (κ2) is 5.82. The Balaban J connectivity index is 2.20. The Labute approximate surface area is 107 Å². The molecule has 2 rings (SSSR count). The lowest BCUT2D eigenvalue weighted by Gasteiger charge is -2.27. The minimum Gasteiger partial charge on any atom is -0.382 e. The van der Waals surface area contributed by atoms with Crippen molar-refractivity contribution in [1.82, 2.24) is 4.90 Å². The van der Waals surface area contributed by atoms with E-state index in [1.54, 1.807) is 19.2 Å². The fraction of sp³-hybridized carbons (Fsp3) is 0.538. The summed E-state index contributed by atoms with van der Waals surface area (Å²) >= 11 is 0. The monoisotopic (exact) mass is 249 g/mol. The molecule has 5 heteroatoms. The van der Waals surface area contributed by atoms with E-state index in [0.717, 1.165) is 25.2 Å². The number of hydrogen-bond donors (Lipinski definition) is 1. The van der Waals surface area contributed by atoms with Crippen LogP contribution in [-0.4, -0.2) is 30.0 Å². The quantitative estimate of drug-likeness (QED) is 0.658. The number of nitro groups is 1. The van der Waals surface area contributed by atoms with Gasteiger partial charge < -0.3 is 5.32 Å². The van der Waals surface area contributed by atoms with E-state index in [9.17, 15) is 10.1 Å². The van der Waals surface area contributed by atoms with E-state index in [1.165, 1.54) is 19.3 Å². The highest BCUT2D eigenvalue weighted by molar-refractivity contribution is 5.66. The molecule has 0 bridgehead atoms. The van der Waals surface area contributed by atoms with E-state index >= 15 is 0 Å². The van der Waals surface area contributed by atoms with Gasteiger partial charge in [-0.25, -0.2) is 0 Å². The molecule has 1 N–H and O–H groups in total. The summed E-state index contributed by atoms with van der Waals surface area (Å²) in [5, 5.41) is 13.9. The predicted molar refractivity (Wildman–Crippen MR) is 71.8 cm³/mol. The van der Waals surface area contributed by atoms with E-state index in [0.29, 0.717) is 5.69 Å². The summed E-state index contributed by atoms with van der Waals surface area (Å²) in [5.41, 5.74) is 1.81. The molecule has 98 valence electrons. The van der Waals surface area contributed by atoms with E-state index in [1.807, 2.05) is 6.07 Å². The number of para-hydroxylation sites is 1.